The van der Waals surface area contributed by atoms with Gasteiger partial charge in [-0.05, 0) is 37.5 Å². The number of carbonyl (C=O) groups excluding carboxylic acids is 2. The zero-order chi connectivity index (χ0) is 17.2. The Hall–Kier alpha value is -2.54. The van der Waals surface area contributed by atoms with Crippen molar-refractivity contribution in [3.8, 4) is 0 Å². The minimum Gasteiger partial charge on any atom is -0.472 e. The molecule has 4 rings (SSSR count). The Labute approximate surface area is 144 Å². The van der Waals surface area contributed by atoms with E-state index in [1.807, 2.05) is 11.0 Å². The second-order valence-electron chi connectivity index (χ2n) is 6.40. The predicted molar refractivity (Wildman–Crippen MR) is 86.6 cm³/mol. The lowest BCUT2D eigenvalue weighted by molar-refractivity contribution is -0.143. The van der Waals surface area contributed by atoms with Gasteiger partial charge in [-0.25, -0.2) is 0 Å². The number of hydrogen-bond acceptors (Lipinski definition) is 5. The van der Waals surface area contributed by atoms with Crippen LogP contribution in [0.5, 0.6) is 0 Å². The Morgan fingerprint density at radius 2 is 2.12 bits per heavy atom. The Kier molecular flexibility index (Phi) is 4.31. The minimum absolute atomic E-state index is 0.0246. The number of fused-ring (bicyclic) bond motifs is 1. The van der Waals surface area contributed by atoms with Crippen molar-refractivity contribution < 1.29 is 23.2 Å². The summed E-state index contributed by atoms with van der Waals surface area (Å²) in [6.45, 7) is 0.991. The molecular weight excluding hydrogens is 324 g/mol. The van der Waals surface area contributed by atoms with Gasteiger partial charge < -0.3 is 23.8 Å². The summed E-state index contributed by atoms with van der Waals surface area (Å²) in [4.78, 5) is 26.7. The van der Waals surface area contributed by atoms with Crippen LogP contribution in [0.3, 0.4) is 0 Å². The van der Waals surface area contributed by atoms with Crippen molar-refractivity contribution in [2.75, 3.05) is 6.54 Å². The third-order valence-corrected chi connectivity index (χ3v) is 4.89. The summed E-state index contributed by atoms with van der Waals surface area (Å²) < 4.78 is 16.2. The van der Waals surface area contributed by atoms with Crippen LogP contribution in [0.4, 0.5) is 0 Å². The van der Waals surface area contributed by atoms with Gasteiger partial charge in [-0.3, -0.25) is 9.59 Å². The largest absolute Gasteiger partial charge is 0.472 e. The van der Waals surface area contributed by atoms with Gasteiger partial charge in [0.15, 0.2) is 0 Å². The molecule has 1 N–H and O–H groups in total. The van der Waals surface area contributed by atoms with Crippen molar-refractivity contribution >= 4 is 11.8 Å². The molecule has 0 saturated carbocycles. The first-order valence-electron chi connectivity index (χ1n) is 8.51. The number of amides is 2. The highest BCUT2D eigenvalue weighted by Crippen LogP contribution is 2.32. The molecule has 132 valence electrons. The van der Waals surface area contributed by atoms with E-state index in [0.29, 0.717) is 30.8 Å². The van der Waals surface area contributed by atoms with E-state index in [0.717, 1.165) is 12.8 Å². The minimum atomic E-state index is -0.472. The molecule has 2 aliphatic rings. The molecule has 0 unspecified atom stereocenters. The highest BCUT2D eigenvalue weighted by atomic mass is 16.5. The summed E-state index contributed by atoms with van der Waals surface area (Å²) >= 11 is 0. The van der Waals surface area contributed by atoms with Crippen molar-refractivity contribution in [1.82, 2.24) is 10.2 Å². The Morgan fingerprint density at radius 1 is 1.20 bits per heavy atom. The fraction of sp³-hybridized carbons (Fsp3) is 0.444. The van der Waals surface area contributed by atoms with E-state index in [-0.39, 0.29) is 24.0 Å². The molecule has 0 bridgehead atoms. The number of rotatable bonds is 4. The van der Waals surface area contributed by atoms with Crippen LogP contribution in [-0.4, -0.2) is 41.5 Å². The van der Waals surface area contributed by atoms with Crippen molar-refractivity contribution in [3.63, 3.8) is 0 Å². The zero-order valence-electron chi connectivity index (χ0n) is 13.7. The Balaban J connectivity index is 1.33. The number of nitrogens with zero attached hydrogens (tertiary/aromatic N) is 1. The smallest absolute Gasteiger partial charge is 0.257 e. The lowest BCUT2D eigenvalue weighted by atomic mass is 9.98. The van der Waals surface area contributed by atoms with E-state index >= 15 is 0 Å². The summed E-state index contributed by atoms with van der Waals surface area (Å²) in [5.74, 6) is 0.541. The van der Waals surface area contributed by atoms with Crippen molar-refractivity contribution in [3.05, 3.63) is 48.3 Å². The number of likely N-dealkylation sites (tertiary alicyclic amines) is 1. The summed E-state index contributed by atoms with van der Waals surface area (Å²) in [6.07, 6.45) is 6.07. The van der Waals surface area contributed by atoms with Gasteiger partial charge in [0, 0.05) is 6.54 Å². The summed E-state index contributed by atoms with van der Waals surface area (Å²) in [5.41, 5.74) is 0.555. The second-order valence-corrected chi connectivity index (χ2v) is 6.40. The second kappa shape index (κ2) is 6.76. The number of nitrogens with one attached hydrogen (secondary N) is 1. The highest BCUT2D eigenvalue weighted by Gasteiger charge is 2.43. The topological polar surface area (TPSA) is 84.9 Å². The molecule has 0 spiro atoms. The van der Waals surface area contributed by atoms with Crippen molar-refractivity contribution in [1.29, 1.82) is 0 Å². The molecule has 7 nitrogen and oxygen atoms in total. The van der Waals surface area contributed by atoms with E-state index < -0.39 is 6.10 Å². The SMILES string of the molecule is O=C(NCc1ccco1)[C@H]1CC[C@@H]2[C@@H](CCN2C(=O)c2ccoc2)O1. The van der Waals surface area contributed by atoms with E-state index in [9.17, 15) is 9.59 Å². The first-order chi connectivity index (χ1) is 12.2. The molecule has 0 aliphatic carbocycles. The van der Waals surface area contributed by atoms with Gasteiger partial charge in [-0.15, -0.1) is 0 Å². The fourth-order valence-electron chi connectivity index (χ4n) is 3.63. The summed E-state index contributed by atoms with van der Waals surface area (Å²) in [7, 11) is 0. The van der Waals surface area contributed by atoms with Gasteiger partial charge in [0.2, 0.25) is 5.91 Å². The van der Waals surface area contributed by atoms with E-state index in [2.05, 4.69) is 5.32 Å². The van der Waals surface area contributed by atoms with Crippen LogP contribution in [-0.2, 0) is 16.1 Å². The van der Waals surface area contributed by atoms with Crippen LogP contribution in [0.15, 0.2) is 45.8 Å². The van der Waals surface area contributed by atoms with Crippen LogP contribution in [0.1, 0.15) is 35.4 Å². The first kappa shape index (κ1) is 16.0. The molecular formula is C18H20N2O5. The van der Waals surface area contributed by atoms with Crippen LogP contribution in [0.25, 0.3) is 0 Å². The number of hydrogen-bond donors (Lipinski definition) is 1. The molecule has 2 fully saturated rings. The van der Waals surface area contributed by atoms with Crippen molar-refractivity contribution in [2.24, 2.45) is 0 Å². The van der Waals surface area contributed by atoms with Crippen LogP contribution in [0.2, 0.25) is 0 Å². The summed E-state index contributed by atoms with van der Waals surface area (Å²) in [6, 6.07) is 5.29. The normalized spacial score (nSPS) is 25.6. The lowest BCUT2D eigenvalue weighted by Gasteiger charge is -2.35. The zero-order valence-corrected chi connectivity index (χ0v) is 13.7. The van der Waals surface area contributed by atoms with Gasteiger partial charge in [-0.2, -0.15) is 0 Å². The van der Waals surface area contributed by atoms with Crippen LogP contribution < -0.4 is 5.32 Å². The maximum absolute atomic E-state index is 12.5. The number of furan rings is 2. The van der Waals surface area contributed by atoms with Crippen LogP contribution in [0, 0.1) is 0 Å². The summed E-state index contributed by atoms with van der Waals surface area (Å²) in [5, 5.41) is 2.84. The van der Waals surface area contributed by atoms with Crippen LogP contribution >= 0.6 is 0 Å². The maximum atomic E-state index is 12.5. The molecule has 2 amide bonds. The monoisotopic (exact) mass is 344 g/mol. The molecule has 0 aromatic carbocycles. The molecule has 2 saturated heterocycles. The van der Waals surface area contributed by atoms with E-state index in [1.165, 1.54) is 12.5 Å². The molecule has 3 atom stereocenters. The molecule has 2 aromatic rings. The van der Waals surface area contributed by atoms with E-state index in [4.69, 9.17) is 13.6 Å². The molecule has 0 radical (unpaired) electrons. The number of carbonyl (C=O) groups is 2. The van der Waals surface area contributed by atoms with E-state index in [1.54, 1.807) is 18.4 Å². The van der Waals surface area contributed by atoms with Crippen molar-refractivity contribution in [2.45, 2.75) is 44.1 Å². The molecule has 25 heavy (non-hydrogen) atoms. The molecule has 2 aromatic heterocycles. The van der Waals surface area contributed by atoms with Gasteiger partial charge in [0.05, 0.1) is 36.8 Å². The Bertz CT molecular complexity index is 725. The predicted octanol–water partition coefficient (Wildman–Crippen LogP) is 1.95. The van der Waals surface area contributed by atoms with Gasteiger partial charge >= 0.3 is 0 Å². The molecule has 7 heteroatoms. The maximum Gasteiger partial charge on any atom is 0.257 e. The number of ether oxygens (including phenoxy) is 1. The highest BCUT2D eigenvalue weighted by molar-refractivity contribution is 5.94. The van der Waals surface area contributed by atoms with Gasteiger partial charge in [0.1, 0.15) is 18.1 Å². The molecule has 2 aliphatic heterocycles. The average molecular weight is 344 g/mol. The van der Waals surface area contributed by atoms with Gasteiger partial charge in [-0.1, -0.05) is 0 Å². The molecule has 4 heterocycles. The third-order valence-electron chi connectivity index (χ3n) is 4.89. The quantitative estimate of drug-likeness (QED) is 0.916. The standard InChI is InChI=1S/C18H20N2O5/c21-17(19-10-13-2-1-8-24-13)16-4-3-14-15(25-16)5-7-20(14)18(22)12-6-9-23-11-12/h1-2,6,8-9,11,14-16H,3-5,7,10H2,(H,19,21)/t14-,15-,16-/m1/s1. The first-order valence-corrected chi connectivity index (χ1v) is 8.51. The fourth-order valence-corrected chi connectivity index (χ4v) is 3.63. The third kappa shape index (κ3) is 3.19. The lowest BCUT2D eigenvalue weighted by Crippen LogP contribution is -2.48. The van der Waals surface area contributed by atoms with Gasteiger partial charge in [0.25, 0.3) is 5.91 Å². The Morgan fingerprint density at radius 3 is 2.88 bits per heavy atom. The average Bonchev–Trinajstić information content (AvgIpc) is 3.40.